The fourth-order valence-electron chi connectivity index (χ4n) is 12.4. The van der Waals surface area contributed by atoms with Gasteiger partial charge in [-0.25, -0.2) is 0 Å². The van der Waals surface area contributed by atoms with Crippen molar-refractivity contribution in [3.63, 3.8) is 0 Å². The van der Waals surface area contributed by atoms with Crippen LogP contribution < -0.4 is 14.7 Å². The van der Waals surface area contributed by atoms with Gasteiger partial charge in [-0.2, -0.15) is 15.8 Å². The minimum Gasteiger partial charge on any atom is -0.352 e. The summed E-state index contributed by atoms with van der Waals surface area (Å²) in [5.74, 6) is 0. The molecular formula is C42H34N10. The molecule has 6 bridgehead atoms. The number of para-hydroxylation sites is 3. The molecule has 252 valence electrons. The van der Waals surface area contributed by atoms with Crippen molar-refractivity contribution in [3.05, 3.63) is 137 Å². The Morgan fingerprint density at radius 2 is 1.15 bits per heavy atom. The Kier molecular flexibility index (Phi) is 5.15. The van der Waals surface area contributed by atoms with E-state index in [1.54, 1.807) is 0 Å². The molecule has 3 fully saturated rings. The molecular weight excluding hydrogens is 645 g/mol. The van der Waals surface area contributed by atoms with Gasteiger partial charge in [0, 0.05) is 67.4 Å². The summed E-state index contributed by atoms with van der Waals surface area (Å²) in [6.45, 7) is 4.17. The SMILES string of the molecule is N#CC1=CN2CCN3CCN4C=C(C#N)N5c6ccccc6C6(C45)C4N5C(C#N)=CN4C64c6ccccc6N1C2C4(/C=C\Cc1ccccc15)CC3. The molecule has 3 aromatic rings. The molecule has 0 amide bonds. The van der Waals surface area contributed by atoms with Crippen LogP contribution in [0.15, 0.2) is 121 Å². The molecule has 12 rings (SSSR count). The normalized spacial score (nSPS) is 35.2. The van der Waals surface area contributed by atoms with Crippen LogP contribution in [0.1, 0.15) is 23.1 Å². The second kappa shape index (κ2) is 9.39. The zero-order valence-electron chi connectivity index (χ0n) is 28.5. The van der Waals surface area contributed by atoms with Crippen LogP contribution in [0.2, 0.25) is 0 Å². The Morgan fingerprint density at radius 3 is 1.88 bits per heavy atom. The molecule has 0 saturated carbocycles. The second-order valence-electron chi connectivity index (χ2n) is 15.5. The lowest BCUT2D eigenvalue weighted by atomic mass is 9.40. The predicted octanol–water partition coefficient (Wildman–Crippen LogP) is 4.82. The van der Waals surface area contributed by atoms with Crippen molar-refractivity contribution >= 4 is 17.1 Å². The summed E-state index contributed by atoms with van der Waals surface area (Å²) < 4.78 is 0. The minimum absolute atomic E-state index is 0.185. The van der Waals surface area contributed by atoms with Crippen LogP contribution in [0.25, 0.3) is 0 Å². The second-order valence-corrected chi connectivity index (χ2v) is 15.5. The number of rotatable bonds is 0. The standard InChI is InChI=1S/C42H34N10/c43-22-29-25-47-20-18-46-17-16-40-15-7-9-28-8-1-4-12-34(28)50-31(24-45)27-49-39(50)41(42(40,49)33-11-3-6-14-36(33)51(29)37(40)47)32-10-2-5-13-35(32)52-30(23-44)26-48(21-19-46)38(41)52/h1-8,10-15,25-27,37-39H,9,16-21H2/b15-7-. The van der Waals surface area contributed by atoms with E-state index < -0.39 is 16.4 Å². The smallest absolute Gasteiger partial charge is 0.138 e. The summed E-state index contributed by atoms with van der Waals surface area (Å²) in [7, 11) is 0. The van der Waals surface area contributed by atoms with E-state index in [1.807, 2.05) is 0 Å². The number of hydrogen-bond donors (Lipinski definition) is 0. The van der Waals surface area contributed by atoms with Crippen molar-refractivity contribution in [2.75, 3.05) is 47.4 Å². The molecule has 0 N–H and O–H groups in total. The molecule has 0 aromatic heterocycles. The number of anilines is 3. The highest BCUT2D eigenvalue weighted by Crippen LogP contribution is 2.80. The van der Waals surface area contributed by atoms with Crippen molar-refractivity contribution in [1.29, 1.82) is 15.8 Å². The molecule has 0 radical (unpaired) electrons. The Labute approximate surface area is 302 Å². The summed E-state index contributed by atoms with van der Waals surface area (Å²) in [6.07, 6.45) is 12.2. The average molecular weight is 679 g/mol. The first-order chi connectivity index (χ1) is 25.6. The van der Waals surface area contributed by atoms with E-state index in [4.69, 9.17) is 0 Å². The van der Waals surface area contributed by atoms with E-state index in [1.165, 1.54) is 11.1 Å². The maximum Gasteiger partial charge on any atom is 0.138 e. The van der Waals surface area contributed by atoms with Gasteiger partial charge in [-0.15, -0.1) is 0 Å². The summed E-state index contributed by atoms with van der Waals surface area (Å²) >= 11 is 0. The molecule has 10 heteroatoms. The molecule has 9 aliphatic heterocycles. The van der Waals surface area contributed by atoms with Gasteiger partial charge in [0.25, 0.3) is 0 Å². The minimum atomic E-state index is -0.744. The zero-order valence-corrected chi connectivity index (χ0v) is 28.5. The molecule has 9 heterocycles. The topological polar surface area (TPSA) is 94.0 Å². The van der Waals surface area contributed by atoms with Crippen molar-refractivity contribution < 1.29 is 0 Å². The Bertz CT molecular complexity index is 2410. The molecule has 10 nitrogen and oxygen atoms in total. The Hall–Kier alpha value is -6.15. The van der Waals surface area contributed by atoms with Gasteiger partial charge in [-0.3, -0.25) is 4.90 Å². The summed E-state index contributed by atoms with van der Waals surface area (Å²) in [5.41, 5.74) is 6.59. The molecule has 52 heavy (non-hydrogen) atoms. The van der Waals surface area contributed by atoms with Crippen LogP contribution in [-0.4, -0.2) is 70.8 Å². The summed E-state index contributed by atoms with van der Waals surface area (Å²) in [4.78, 5) is 17.1. The number of allylic oxidation sites excluding steroid dienone is 4. The van der Waals surface area contributed by atoms with Crippen LogP contribution in [0.5, 0.6) is 0 Å². The van der Waals surface area contributed by atoms with E-state index in [2.05, 4.69) is 156 Å². The van der Waals surface area contributed by atoms with Crippen LogP contribution in [0.4, 0.5) is 17.1 Å². The molecule has 3 aromatic carbocycles. The number of nitrogens with zero attached hydrogens (tertiary/aromatic N) is 10. The molecule has 0 aliphatic carbocycles. The molecule has 7 unspecified atom stereocenters. The molecule has 3 saturated heterocycles. The quantitative estimate of drug-likeness (QED) is 0.308. The fourth-order valence-corrected chi connectivity index (χ4v) is 12.4. The summed E-state index contributed by atoms with van der Waals surface area (Å²) in [5, 5.41) is 32.8. The summed E-state index contributed by atoms with van der Waals surface area (Å²) in [6, 6.07) is 34.0. The highest BCUT2D eigenvalue weighted by molar-refractivity contribution is 5.83. The van der Waals surface area contributed by atoms with Crippen molar-refractivity contribution in [1.82, 2.24) is 19.6 Å². The predicted molar refractivity (Wildman–Crippen MR) is 194 cm³/mol. The van der Waals surface area contributed by atoms with Crippen molar-refractivity contribution in [2.24, 2.45) is 5.41 Å². The van der Waals surface area contributed by atoms with Gasteiger partial charge < -0.3 is 29.4 Å². The maximum atomic E-state index is 11.1. The third-order valence-electron chi connectivity index (χ3n) is 13.9. The highest BCUT2D eigenvalue weighted by Gasteiger charge is 2.89. The third-order valence-corrected chi connectivity index (χ3v) is 13.9. The molecule has 9 aliphatic rings. The lowest BCUT2D eigenvalue weighted by Gasteiger charge is -2.79. The van der Waals surface area contributed by atoms with Crippen LogP contribution in [-0.2, 0) is 17.4 Å². The highest BCUT2D eigenvalue weighted by atomic mass is 15.6. The number of fused-ring (bicyclic) bond motifs is 8. The van der Waals surface area contributed by atoms with Gasteiger partial charge in [0.15, 0.2) is 0 Å². The van der Waals surface area contributed by atoms with E-state index in [0.29, 0.717) is 17.1 Å². The first-order valence-corrected chi connectivity index (χ1v) is 18.3. The first kappa shape index (κ1) is 28.5. The van der Waals surface area contributed by atoms with Gasteiger partial charge >= 0.3 is 0 Å². The van der Waals surface area contributed by atoms with Gasteiger partial charge in [-0.05, 0) is 48.7 Å². The maximum absolute atomic E-state index is 11.1. The van der Waals surface area contributed by atoms with Gasteiger partial charge in [-0.1, -0.05) is 66.7 Å². The van der Waals surface area contributed by atoms with E-state index in [9.17, 15) is 15.8 Å². The fraction of sp³-hybridized carbons (Fsp3) is 0.310. The third kappa shape index (κ3) is 2.79. The van der Waals surface area contributed by atoms with Crippen LogP contribution >= 0.6 is 0 Å². The Balaban J connectivity index is 1.31. The number of benzene rings is 3. The van der Waals surface area contributed by atoms with E-state index in [-0.39, 0.29) is 18.5 Å². The zero-order chi connectivity index (χ0) is 34.6. The number of hydrogen-bond acceptors (Lipinski definition) is 10. The average Bonchev–Trinajstić information content (AvgIpc) is 3.91. The lowest BCUT2D eigenvalue weighted by molar-refractivity contribution is -0.231. The van der Waals surface area contributed by atoms with Crippen molar-refractivity contribution in [3.8, 4) is 18.2 Å². The van der Waals surface area contributed by atoms with Crippen molar-refractivity contribution in [2.45, 2.75) is 42.3 Å². The lowest BCUT2D eigenvalue weighted by Crippen LogP contribution is -2.91. The molecule has 3 spiro atoms. The number of nitriles is 3. The Morgan fingerprint density at radius 1 is 0.577 bits per heavy atom. The van der Waals surface area contributed by atoms with Gasteiger partial charge in [0.1, 0.15) is 59.2 Å². The van der Waals surface area contributed by atoms with E-state index >= 15 is 0 Å². The van der Waals surface area contributed by atoms with Crippen LogP contribution in [0.3, 0.4) is 0 Å². The van der Waals surface area contributed by atoms with Gasteiger partial charge in [0.05, 0.1) is 11.0 Å². The van der Waals surface area contributed by atoms with Crippen LogP contribution in [0, 0.1) is 39.4 Å². The first-order valence-electron chi connectivity index (χ1n) is 18.3. The monoisotopic (exact) mass is 678 g/mol. The largest absolute Gasteiger partial charge is 0.352 e. The molecule has 7 atom stereocenters. The van der Waals surface area contributed by atoms with Gasteiger partial charge in [0.2, 0.25) is 0 Å². The van der Waals surface area contributed by atoms with E-state index in [0.717, 1.165) is 68.2 Å².